The summed E-state index contributed by atoms with van der Waals surface area (Å²) in [4.78, 5) is 0. The third-order valence-electron chi connectivity index (χ3n) is 21.6. The second kappa shape index (κ2) is 34.5. The number of hydrogen-bond donors (Lipinski definition) is 0. The van der Waals surface area contributed by atoms with Gasteiger partial charge in [0.2, 0.25) is 0 Å². The van der Waals surface area contributed by atoms with Crippen molar-refractivity contribution in [3.63, 3.8) is 0 Å². The fourth-order valence-corrected chi connectivity index (χ4v) is 17.1. The quantitative estimate of drug-likeness (QED) is 0.0195. The molecule has 0 saturated carbocycles. The maximum absolute atomic E-state index is 7.69. The minimum atomic E-state index is -2.30. The Morgan fingerprint density at radius 1 is 0.457 bits per heavy atom. The van der Waals surface area contributed by atoms with Crippen LogP contribution in [-0.4, -0.2) is 77.5 Å². The Kier molecular flexibility index (Phi) is 30.2. The van der Waals surface area contributed by atoms with Crippen molar-refractivity contribution in [1.29, 1.82) is 0 Å². The van der Waals surface area contributed by atoms with E-state index < -0.39 is 38.9 Å². The summed E-state index contributed by atoms with van der Waals surface area (Å²) in [6.45, 7) is 66.7. The number of benzene rings is 4. The molecule has 0 unspecified atom stereocenters. The molecule has 0 aliphatic heterocycles. The lowest BCUT2D eigenvalue weighted by Crippen LogP contribution is -2.48. The van der Waals surface area contributed by atoms with E-state index in [0.29, 0.717) is 19.1 Å². The molecule has 4 rings (SSSR count). The Morgan fingerprint density at radius 3 is 1.34 bits per heavy atom. The molecule has 0 aliphatic carbocycles. The molecule has 11 atom stereocenters. The lowest BCUT2D eigenvalue weighted by Gasteiger charge is -2.44. The zero-order valence-corrected chi connectivity index (χ0v) is 67.2. The average Bonchev–Trinajstić information content (AvgIpc) is 0.763. The molecule has 0 bridgehead atoms. The summed E-state index contributed by atoms with van der Waals surface area (Å²) >= 11 is 0. The predicted octanol–water partition coefficient (Wildman–Crippen LogP) is 23.4. The normalized spacial score (nSPS) is 17.5. The highest BCUT2D eigenvalue weighted by atomic mass is 28.4. The molecule has 0 amide bonds. The Labute approximate surface area is 568 Å². The van der Waals surface area contributed by atoms with Gasteiger partial charge in [-0.15, -0.1) is 0 Å². The van der Waals surface area contributed by atoms with Crippen LogP contribution >= 0.6 is 0 Å². The van der Waals surface area contributed by atoms with E-state index in [2.05, 4.69) is 323 Å². The molecule has 514 valence electrons. The van der Waals surface area contributed by atoms with Crippen molar-refractivity contribution in [3.05, 3.63) is 187 Å². The van der Waals surface area contributed by atoms with Gasteiger partial charge in [-0.3, -0.25) is 0 Å². The van der Waals surface area contributed by atoms with E-state index in [1.807, 2.05) is 18.2 Å². The molecule has 0 saturated heterocycles. The molecule has 7 nitrogen and oxygen atoms in total. The highest BCUT2D eigenvalue weighted by Crippen LogP contribution is 2.46. The number of allylic oxidation sites excluding steroid dienone is 2. The zero-order chi connectivity index (χ0) is 69.3. The van der Waals surface area contributed by atoms with Crippen molar-refractivity contribution in [2.75, 3.05) is 13.7 Å². The van der Waals surface area contributed by atoms with Crippen LogP contribution in [0.3, 0.4) is 0 Å². The van der Waals surface area contributed by atoms with Gasteiger partial charge in [-0.05, 0) is 150 Å². The molecule has 0 spiro atoms. The molecule has 92 heavy (non-hydrogen) atoms. The van der Waals surface area contributed by atoms with E-state index in [0.717, 1.165) is 53.7 Å². The average molecular weight is 1330 g/mol. The van der Waals surface area contributed by atoms with E-state index >= 15 is 0 Å². The van der Waals surface area contributed by atoms with Crippen LogP contribution in [-0.2, 0) is 39.4 Å². The van der Waals surface area contributed by atoms with Crippen LogP contribution in [0.4, 0.5) is 0 Å². The first-order valence-corrected chi connectivity index (χ1v) is 46.6. The molecule has 0 fully saturated rings. The third kappa shape index (κ3) is 23.0. The van der Waals surface area contributed by atoms with Gasteiger partial charge in [0, 0.05) is 18.3 Å². The van der Waals surface area contributed by atoms with Crippen LogP contribution in [0.15, 0.2) is 164 Å². The largest absolute Gasteiger partial charge is 0.497 e. The molecule has 4 aromatic carbocycles. The first-order valence-electron chi connectivity index (χ1n) is 34.9. The first-order chi connectivity index (χ1) is 42.5. The number of ether oxygens (including phenoxy) is 3. The zero-order valence-electron chi connectivity index (χ0n) is 63.2. The summed E-state index contributed by atoms with van der Waals surface area (Å²) in [6, 6.07) is 40.2. The Morgan fingerprint density at radius 2 is 0.891 bits per heavy atom. The number of methoxy groups -OCH3 is 1. The summed E-state index contributed by atoms with van der Waals surface area (Å²) in [5.41, 5.74) is 3.58. The molecular weight excluding hydrogens is 1200 g/mol. The van der Waals surface area contributed by atoms with E-state index in [9.17, 15) is 0 Å². The minimum Gasteiger partial charge on any atom is -0.497 e. The van der Waals surface area contributed by atoms with Gasteiger partial charge in [0.05, 0.1) is 50.8 Å². The van der Waals surface area contributed by atoms with Gasteiger partial charge in [0.25, 0.3) is 0 Å². The number of rotatable bonds is 36. The smallest absolute Gasteiger partial charge is 0.192 e. The van der Waals surface area contributed by atoms with Crippen molar-refractivity contribution in [1.82, 2.24) is 0 Å². The second-order valence-corrected chi connectivity index (χ2v) is 52.3. The summed E-state index contributed by atoms with van der Waals surface area (Å²) in [6.07, 6.45) is 19.0. The van der Waals surface area contributed by atoms with Crippen LogP contribution in [0.5, 0.6) is 5.75 Å². The van der Waals surface area contributed by atoms with Crippen molar-refractivity contribution in [2.24, 2.45) is 35.5 Å². The van der Waals surface area contributed by atoms with Gasteiger partial charge >= 0.3 is 0 Å². The van der Waals surface area contributed by atoms with Gasteiger partial charge in [-0.2, -0.15) is 0 Å². The topological polar surface area (TPSA) is 64.6 Å². The van der Waals surface area contributed by atoms with Crippen molar-refractivity contribution in [3.8, 4) is 5.75 Å². The summed E-state index contributed by atoms with van der Waals surface area (Å²) in [5, 5.41) is 0.104. The summed E-state index contributed by atoms with van der Waals surface area (Å²) in [5.74, 6) is 2.01. The second-order valence-electron chi connectivity index (χ2n) is 33.3. The lowest BCUT2D eigenvalue weighted by molar-refractivity contribution is -0.0551. The molecule has 4 aromatic rings. The van der Waals surface area contributed by atoms with Crippen LogP contribution < -0.4 is 4.74 Å². The van der Waals surface area contributed by atoms with Crippen LogP contribution in [0.1, 0.15) is 173 Å². The molecule has 0 radical (unpaired) electrons. The van der Waals surface area contributed by atoms with E-state index in [4.69, 9.17) is 31.9 Å². The summed E-state index contributed by atoms with van der Waals surface area (Å²) < 4.78 is 50.2. The van der Waals surface area contributed by atoms with Gasteiger partial charge < -0.3 is 31.9 Å². The highest BCUT2D eigenvalue weighted by Gasteiger charge is 2.46. The predicted molar refractivity (Wildman–Crippen MR) is 406 cm³/mol. The fraction of sp³-hybridized carbons (Fsp3) is 0.605. The minimum absolute atomic E-state index is 0.00323. The molecule has 0 aliphatic rings. The molecule has 0 N–H and O–H groups in total. The molecule has 0 aromatic heterocycles. The third-order valence-corrected chi connectivity index (χ3v) is 39.6. The first kappa shape index (κ1) is 80.7. The lowest BCUT2D eigenvalue weighted by atomic mass is 9.80. The SMILES string of the molecule is C=CC=C[C@H](C)[C@H](OCc1ccc(OC)cc1)[C@@H](C)[C@@H](CC[C@H](C)C[C@H](C)[C@@H](O[Si](C)(C)C(C)(C)C)[C@@H](C)C=C[C@H](C[C@H](O[Si](C)(C)C(C)(C)C)[C@H](C)C=CCOC(c1ccccc1)(c1ccccc1)c1ccccc1)O[Si](C)(C)C(C)(C)C)O[Si](C)(C)C(C)(C)C. The highest BCUT2D eigenvalue weighted by molar-refractivity contribution is 6.75. The van der Waals surface area contributed by atoms with Gasteiger partial charge in [0.1, 0.15) is 11.4 Å². The van der Waals surface area contributed by atoms with Crippen LogP contribution in [0, 0.1) is 35.5 Å². The van der Waals surface area contributed by atoms with E-state index in [-0.39, 0.29) is 80.3 Å². The monoisotopic (exact) mass is 1330 g/mol. The standard InChI is InChI=1S/C81H132O7Si4/c1-29-30-41-63(4)76(83-60-67-51-54-71(82-20)55-52-67)66(7)73(86-90(23,24)78(11,12)13)56-49-61(2)58-65(6)75(88-92(27,28)80(17,18)19)64(5)50-53-72(85-89(21,22)77(8,9)10)59-74(87-91(25,26)79(14,15)16)62(3)42-40-57-84-81(68-43-34-31-35-44-68,69-45-36-32-37-46-69)70-47-38-33-39-48-70/h29-48,50-55,61-66,72-76H,1,49,56-60H2,2-28H3/t61-,62+,63-,64-,65-,66-,72+,73+,74-,75-,76-/m0/s1. The molecule has 0 heterocycles. The van der Waals surface area contributed by atoms with Gasteiger partial charge in [0.15, 0.2) is 33.3 Å². The maximum Gasteiger partial charge on any atom is 0.192 e. The Balaban J connectivity index is 1.73. The van der Waals surface area contributed by atoms with E-state index in [1.165, 1.54) is 0 Å². The van der Waals surface area contributed by atoms with Crippen molar-refractivity contribution >= 4 is 33.3 Å². The van der Waals surface area contributed by atoms with Crippen molar-refractivity contribution < 1.29 is 31.9 Å². The van der Waals surface area contributed by atoms with Crippen LogP contribution in [0.2, 0.25) is 72.5 Å². The maximum atomic E-state index is 7.69. The van der Waals surface area contributed by atoms with E-state index in [1.54, 1.807) is 7.11 Å². The van der Waals surface area contributed by atoms with Crippen molar-refractivity contribution in [2.45, 2.75) is 266 Å². The van der Waals surface area contributed by atoms with Gasteiger partial charge in [-0.25, -0.2) is 0 Å². The summed E-state index contributed by atoms with van der Waals surface area (Å²) in [7, 11) is -7.32. The fourth-order valence-electron chi connectivity index (χ4n) is 11.5. The van der Waals surface area contributed by atoms with Gasteiger partial charge in [-0.1, -0.05) is 277 Å². The number of hydrogen-bond acceptors (Lipinski definition) is 7. The van der Waals surface area contributed by atoms with Crippen LogP contribution in [0.25, 0.3) is 0 Å². The molecule has 11 heteroatoms. The Bertz CT molecular complexity index is 2760. The molecular formula is C81H132O7Si4. The Hall–Kier alpha value is -3.73.